The highest BCUT2D eigenvalue weighted by molar-refractivity contribution is 6.01. The first-order valence-corrected chi connectivity index (χ1v) is 3.65. The number of rotatable bonds is 1. The highest BCUT2D eigenvalue weighted by Gasteiger charge is 2.23. The molecule has 1 rings (SSSR count). The van der Waals surface area contributed by atoms with Gasteiger partial charge in [0.25, 0.3) is 0 Å². The minimum absolute atomic E-state index is 0.231. The van der Waals surface area contributed by atoms with Gasteiger partial charge in [0.2, 0.25) is 0 Å². The molecule has 0 atom stereocenters. The Kier molecular flexibility index (Phi) is 2.12. The van der Waals surface area contributed by atoms with Crippen molar-refractivity contribution in [2.75, 3.05) is 0 Å². The van der Waals surface area contributed by atoms with Crippen LogP contribution in [0, 0.1) is 5.41 Å². The second kappa shape index (κ2) is 2.92. The lowest BCUT2D eigenvalue weighted by atomic mass is 9.88. The van der Waals surface area contributed by atoms with E-state index >= 15 is 0 Å². The van der Waals surface area contributed by atoms with Gasteiger partial charge in [-0.05, 0) is 0 Å². The van der Waals surface area contributed by atoms with Crippen LogP contribution in [0.1, 0.15) is 26.5 Å². The van der Waals surface area contributed by atoms with Crippen LogP contribution in [0.3, 0.4) is 0 Å². The quantitative estimate of drug-likeness (QED) is 0.373. The van der Waals surface area contributed by atoms with E-state index in [1.165, 1.54) is 0 Å². The Labute approximate surface area is 70.5 Å². The summed E-state index contributed by atoms with van der Waals surface area (Å²) in [5, 5.41) is 21.8. The average Bonchev–Trinajstić information content (AvgIpc) is 2.38. The maximum Gasteiger partial charge on any atom is 0.130 e. The first-order valence-electron chi connectivity index (χ1n) is 3.65. The molecule has 1 aromatic heterocycles. The fraction of sp³-hybridized carbons (Fsp3) is 0.571. The van der Waals surface area contributed by atoms with E-state index in [2.05, 4.69) is 20.6 Å². The zero-order valence-corrected chi connectivity index (χ0v) is 7.37. The molecule has 12 heavy (non-hydrogen) atoms. The van der Waals surface area contributed by atoms with Crippen molar-refractivity contribution < 1.29 is 5.21 Å². The summed E-state index contributed by atoms with van der Waals surface area (Å²) in [4.78, 5) is 0. The van der Waals surface area contributed by atoms with E-state index in [1.807, 2.05) is 20.8 Å². The van der Waals surface area contributed by atoms with Gasteiger partial charge in [0.15, 0.2) is 0 Å². The summed E-state index contributed by atoms with van der Waals surface area (Å²) in [6.45, 7) is 5.82. The molecule has 0 aliphatic carbocycles. The van der Waals surface area contributed by atoms with Gasteiger partial charge in [-0.2, -0.15) is 0 Å². The normalized spacial score (nSPS) is 13.4. The van der Waals surface area contributed by atoms with E-state index < -0.39 is 0 Å². The van der Waals surface area contributed by atoms with Crippen LogP contribution in [0.2, 0.25) is 0 Å². The summed E-state index contributed by atoms with van der Waals surface area (Å²) in [6, 6.07) is 0. The Morgan fingerprint density at radius 2 is 2.25 bits per heavy atom. The third kappa shape index (κ3) is 1.61. The van der Waals surface area contributed by atoms with Crippen LogP contribution >= 0.6 is 0 Å². The van der Waals surface area contributed by atoms with Gasteiger partial charge in [-0.3, -0.25) is 5.10 Å². The highest BCUT2D eigenvalue weighted by atomic mass is 16.4. The van der Waals surface area contributed by atoms with E-state index in [4.69, 9.17) is 5.21 Å². The SMILES string of the molecule is CC(C)(C)/C(=N/O)c1c[nH]nn1. The maximum atomic E-state index is 8.74. The van der Waals surface area contributed by atoms with Gasteiger partial charge in [-0.1, -0.05) is 31.1 Å². The van der Waals surface area contributed by atoms with Gasteiger partial charge in [0, 0.05) is 5.41 Å². The Hall–Kier alpha value is -1.39. The Morgan fingerprint density at radius 3 is 2.58 bits per heavy atom. The van der Waals surface area contributed by atoms with Crippen LogP contribution in [-0.4, -0.2) is 26.3 Å². The average molecular weight is 168 g/mol. The summed E-state index contributed by atoms with van der Waals surface area (Å²) in [5.74, 6) is 0. The van der Waals surface area contributed by atoms with Crippen LogP contribution in [0.25, 0.3) is 0 Å². The van der Waals surface area contributed by atoms with E-state index in [0.29, 0.717) is 11.4 Å². The number of nitrogens with zero attached hydrogens (tertiary/aromatic N) is 3. The molecular formula is C7H12N4O. The van der Waals surface area contributed by atoms with Crippen molar-refractivity contribution in [1.82, 2.24) is 15.4 Å². The smallest absolute Gasteiger partial charge is 0.130 e. The molecule has 0 fully saturated rings. The molecule has 5 nitrogen and oxygen atoms in total. The lowest BCUT2D eigenvalue weighted by Gasteiger charge is -2.17. The summed E-state index contributed by atoms with van der Waals surface area (Å²) < 4.78 is 0. The maximum absolute atomic E-state index is 8.74. The minimum atomic E-state index is -0.231. The summed E-state index contributed by atoms with van der Waals surface area (Å²) in [7, 11) is 0. The van der Waals surface area contributed by atoms with Gasteiger partial charge in [0.05, 0.1) is 6.20 Å². The standard InChI is InChI=1S/C7H12N4O/c1-7(2,3)6(10-12)5-4-8-11-9-5/h4,12H,1-3H3,(H,8,9,11)/b10-6+. The number of H-pyrrole nitrogens is 1. The van der Waals surface area contributed by atoms with Crippen molar-refractivity contribution in [2.45, 2.75) is 20.8 Å². The van der Waals surface area contributed by atoms with Crippen molar-refractivity contribution in [3.8, 4) is 0 Å². The van der Waals surface area contributed by atoms with E-state index in [-0.39, 0.29) is 5.41 Å². The van der Waals surface area contributed by atoms with E-state index in [1.54, 1.807) is 6.20 Å². The van der Waals surface area contributed by atoms with Crippen LogP contribution in [0.4, 0.5) is 0 Å². The van der Waals surface area contributed by atoms with Gasteiger partial charge in [-0.25, -0.2) is 0 Å². The monoisotopic (exact) mass is 168 g/mol. The third-order valence-corrected chi connectivity index (χ3v) is 1.47. The number of oxime groups is 1. The molecule has 0 aliphatic heterocycles. The number of hydrogen-bond acceptors (Lipinski definition) is 4. The summed E-state index contributed by atoms with van der Waals surface area (Å²) in [5.41, 5.74) is 0.868. The van der Waals surface area contributed by atoms with Crippen molar-refractivity contribution in [3.63, 3.8) is 0 Å². The molecule has 2 N–H and O–H groups in total. The fourth-order valence-electron chi connectivity index (χ4n) is 0.903. The lowest BCUT2D eigenvalue weighted by molar-refractivity contribution is 0.311. The largest absolute Gasteiger partial charge is 0.411 e. The van der Waals surface area contributed by atoms with Crippen molar-refractivity contribution in [1.29, 1.82) is 0 Å². The Morgan fingerprint density at radius 1 is 1.58 bits per heavy atom. The van der Waals surface area contributed by atoms with Crippen molar-refractivity contribution >= 4 is 5.71 Å². The number of nitrogens with one attached hydrogen (secondary N) is 1. The minimum Gasteiger partial charge on any atom is -0.411 e. The number of hydrogen-bond donors (Lipinski definition) is 2. The van der Waals surface area contributed by atoms with Gasteiger partial charge in [0.1, 0.15) is 11.4 Å². The Bertz CT molecular complexity index is 270. The topological polar surface area (TPSA) is 74.2 Å². The second-order valence-corrected chi connectivity index (χ2v) is 3.56. The second-order valence-electron chi connectivity index (χ2n) is 3.56. The molecule has 0 aliphatic rings. The fourth-order valence-corrected chi connectivity index (χ4v) is 0.903. The Balaban J connectivity index is 3.01. The molecule has 5 heteroatoms. The predicted molar refractivity (Wildman–Crippen MR) is 44.2 cm³/mol. The molecule has 1 heterocycles. The molecule has 0 saturated heterocycles. The highest BCUT2D eigenvalue weighted by Crippen LogP contribution is 2.19. The van der Waals surface area contributed by atoms with Crippen LogP contribution < -0.4 is 0 Å². The molecule has 0 spiro atoms. The molecule has 66 valence electrons. The van der Waals surface area contributed by atoms with Gasteiger partial charge in [-0.15, -0.1) is 5.10 Å². The molecule has 0 unspecified atom stereocenters. The zero-order valence-electron chi connectivity index (χ0n) is 7.37. The summed E-state index contributed by atoms with van der Waals surface area (Å²) >= 11 is 0. The van der Waals surface area contributed by atoms with Crippen molar-refractivity contribution in [3.05, 3.63) is 11.9 Å². The van der Waals surface area contributed by atoms with Crippen LogP contribution in [0.5, 0.6) is 0 Å². The lowest BCUT2D eigenvalue weighted by Crippen LogP contribution is -2.21. The molecular weight excluding hydrogens is 156 g/mol. The molecule has 0 aromatic carbocycles. The number of aromatic nitrogens is 3. The van der Waals surface area contributed by atoms with E-state index in [0.717, 1.165) is 0 Å². The molecule has 1 aromatic rings. The van der Waals surface area contributed by atoms with Crippen LogP contribution in [-0.2, 0) is 0 Å². The molecule has 0 amide bonds. The number of aromatic amines is 1. The van der Waals surface area contributed by atoms with Gasteiger partial charge < -0.3 is 5.21 Å². The first-order chi connectivity index (χ1) is 5.55. The van der Waals surface area contributed by atoms with Gasteiger partial charge >= 0.3 is 0 Å². The zero-order chi connectivity index (χ0) is 9.19. The van der Waals surface area contributed by atoms with Crippen molar-refractivity contribution in [2.24, 2.45) is 10.6 Å². The van der Waals surface area contributed by atoms with E-state index in [9.17, 15) is 0 Å². The first kappa shape index (κ1) is 8.70. The molecule has 0 bridgehead atoms. The molecule has 0 saturated carbocycles. The summed E-state index contributed by atoms with van der Waals surface area (Å²) in [6.07, 6.45) is 1.60. The third-order valence-electron chi connectivity index (χ3n) is 1.47. The predicted octanol–water partition coefficient (Wildman–Crippen LogP) is 1.03. The van der Waals surface area contributed by atoms with Crippen LogP contribution in [0.15, 0.2) is 11.4 Å². The molecule has 0 radical (unpaired) electrons.